The highest BCUT2D eigenvalue weighted by molar-refractivity contribution is 6.00. The molecule has 7 nitrogen and oxygen atoms in total. The van der Waals surface area contributed by atoms with Gasteiger partial charge in [0.25, 0.3) is 0 Å². The number of fused-ring (bicyclic) bond motifs is 1. The summed E-state index contributed by atoms with van der Waals surface area (Å²) in [5.41, 5.74) is 7.87. The van der Waals surface area contributed by atoms with Gasteiger partial charge in [-0.3, -0.25) is 14.7 Å². The molecule has 1 atom stereocenters. The van der Waals surface area contributed by atoms with Crippen LogP contribution in [-0.2, 0) is 4.79 Å². The number of piperidine rings is 1. The van der Waals surface area contributed by atoms with E-state index in [2.05, 4.69) is 22.0 Å². The number of pyridine rings is 1. The van der Waals surface area contributed by atoms with Gasteiger partial charge in [0, 0.05) is 24.2 Å². The van der Waals surface area contributed by atoms with Crippen molar-refractivity contribution in [2.75, 3.05) is 25.0 Å². The van der Waals surface area contributed by atoms with E-state index in [9.17, 15) is 9.59 Å². The number of nitrogens with one attached hydrogen (secondary N) is 2. The number of nitrogens with two attached hydrogens (primary N) is 1. The lowest BCUT2D eigenvalue weighted by Crippen LogP contribution is -2.50. The highest BCUT2D eigenvalue weighted by Crippen LogP contribution is 2.22. The number of para-hydroxylation sites is 1. The van der Waals surface area contributed by atoms with E-state index in [0.717, 1.165) is 35.2 Å². The summed E-state index contributed by atoms with van der Waals surface area (Å²) in [7, 11) is 0. The molecule has 1 saturated heterocycles. The van der Waals surface area contributed by atoms with Crippen molar-refractivity contribution in [1.29, 1.82) is 0 Å². The molecule has 0 aliphatic carbocycles. The van der Waals surface area contributed by atoms with Crippen LogP contribution >= 0.6 is 0 Å². The molecule has 2 aromatic rings. The Morgan fingerprint density at radius 1 is 1.35 bits per heavy atom. The third-order valence-corrected chi connectivity index (χ3v) is 4.56. The second-order valence-corrected chi connectivity index (χ2v) is 6.48. The largest absolute Gasteiger partial charge is 0.368 e. The van der Waals surface area contributed by atoms with Crippen LogP contribution < -0.4 is 16.4 Å². The lowest BCUT2D eigenvalue weighted by atomic mass is 10.0. The number of hydrogen-bond acceptors (Lipinski definition) is 4. The van der Waals surface area contributed by atoms with Crippen LogP contribution in [0.1, 0.15) is 18.5 Å². The molecule has 1 aromatic heterocycles. The van der Waals surface area contributed by atoms with Gasteiger partial charge in [-0.25, -0.2) is 4.79 Å². The second-order valence-electron chi connectivity index (χ2n) is 6.48. The van der Waals surface area contributed by atoms with E-state index in [1.54, 1.807) is 0 Å². The fourth-order valence-electron chi connectivity index (χ4n) is 3.29. The second kappa shape index (κ2) is 8.14. The Morgan fingerprint density at radius 2 is 2.15 bits per heavy atom. The van der Waals surface area contributed by atoms with Gasteiger partial charge in [0.15, 0.2) is 0 Å². The van der Waals surface area contributed by atoms with Crippen molar-refractivity contribution >= 4 is 28.5 Å². The van der Waals surface area contributed by atoms with Crippen LogP contribution in [0.4, 0.5) is 10.5 Å². The lowest BCUT2D eigenvalue weighted by Gasteiger charge is -2.33. The van der Waals surface area contributed by atoms with E-state index in [1.165, 1.54) is 0 Å². The Hall–Kier alpha value is -2.67. The van der Waals surface area contributed by atoms with E-state index in [0.29, 0.717) is 19.5 Å². The van der Waals surface area contributed by atoms with Gasteiger partial charge in [-0.1, -0.05) is 18.2 Å². The van der Waals surface area contributed by atoms with Crippen LogP contribution in [0, 0.1) is 13.3 Å². The summed E-state index contributed by atoms with van der Waals surface area (Å²) in [5.74, 6) is -0.316. The third-order valence-electron chi connectivity index (χ3n) is 4.56. The maximum atomic E-state index is 12.3. The Morgan fingerprint density at radius 3 is 2.96 bits per heavy atom. The molecule has 2 heterocycles. The first-order chi connectivity index (χ1) is 12.5. The number of aryl methyl sites for hydroxylation is 1. The van der Waals surface area contributed by atoms with Crippen molar-refractivity contribution < 1.29 is 9.59 Å². The lowest BCUT2D eigenvalue weighted by molar-refractivity contribution is -0.123. The number of likely N-dealkylation sites (tertiary alicyclic amines) is 1. The molecule has 0 bridgehead atoms. The van der Waals surface area contributed by atoms with Gasteiger partial charge in [-0.2, -0.15) is 0 Å². The van der Waals surface area contributed by atoms with Crippen molar-refractivity contribution in [3.8, 4) is 0 Å². The van der Waals surface area contributed by atoms with Crippen molar-refractivity contribution in [1.82, 2.24) is 15.2 Å². The third kappa shape index (κ3) is 4.29. The molecule has 137 valence electrons. The molecule has 1 aromatic carbocycles. The van der Waals surface area contributed by atoms with Gasteiger partial charge < -0.3 is 16.4 Å². The van der Waals surface area contributed by atoms with Crippen LogP contribution in [0.3, 0.4) is 0 Å². The number of urea groups is 1. The quantitative estimate of drug-likeness (QED) is 0.762. The highest BCUT2D eigenvalue weighted by atomic mass is 16.2. The zero-order chi connectivity index (χ0) is 18.5. The van der Waals surface area contributed by atoms with Crippen LogP contribution in [0.15, 0.2) is 30.3 Å². The predicted molar refractivity (Wildman–Crippen MR) is 102 cm³/mol. The highest BCUT2D eigenvalue weighted by Gasteiger charge is 2.26. The Kier molecular flexibility index (Phi) is 5.68. The first kappa shape index (κ1) is 18.1. The molecule has 3 amide bonds. The molecule has 7 heteroatoms. The number of benzene rings is 1. The van der Waals surface area contributed by atoms with E-state index >= 15 is 0 Å². The van der Waals surface area contributed by atoms with Gasteiger partial charge >= 0.3 is 6.03 Å². The maximum absolute atomic E-state index is 12.3. The average Bonchev–Trinajstić information content (AvgIpc) is 2.62. The first-order valence-corrected chi connectivity index (χ1v) is 8.81. The van der Waals surface area contributed by atoms with Crippen LogP contribution in [0.2, 0.25) is 0 Å². The van der Waals surface area contributed by atoms with Crippen molar-refractivity contribution in [3.05, 3.63) is 42.4 Å². The van der Waals surface area contributed by atoms with E-state index < -0.39 is 0 Å². The monoisotopic (exact) mass is 354 g/mol. The molecule has 1 unspecified atom stereocenters. The number of anilines is 1. The molecule has 1 aliphatic heterocycles. The molecular formula is C19H24N5O2. The van der Waals surface area contributed by atoms with Crippen molar-refractivity contribution in [2.24, 2.45) is 5.73 Å². The molecule has 0 spiro atoms. The molecule has 1 radical (unpaired) electrons. The zero-order valence-corrected chi connectivity index (χ0v) is 14.9. The minimum atomic E-state index is -0.316. The summed E-state index contributed by atoms with van der Waals surface area (Å²) in [4.78, 5) is 30.3. The number of aromatic nitrogens is 1. The van der Waals surface area contributed by atoms with Crippen molar-refractivity contribution in [2.45, 2.75) is 25.8 Å². The van der Waals surface area contributed by atoms with Crippen LogP contribution in [-0.4, -0.2) is 47.5 Å². The number of carbonyl (C=O) groups excluding carboxylic acids is 2. The molecule has 1 fully saturated rings. The first-order valence-electron chi connectivity index (χ1n) is 8.81. The molecule has 26 heavy (non-hydrogen) atoms. The number of nitrogens with zero attached hydrogens (tertiary/aromatic N) is 2. The van der Waals surface area contributed by atoms with Gasteiger partial charge in [0.05, 0.1) is 17.2 Å². The summed E-state index contributed by atoms with van der Waals surface area (Å²) in [5, 5.41) is 6.64. The maximum Gasteiger partial charge on any atom is 0.319 e. The Balaban J connectivity index is 1.57. The SMILES string of the molecule is Cc1cc(NC(=O)NCCN2CC[CH]CC2C(N)=O)c2ccccc2n1. The normalized spacial score (nSPS) is 17.8. The fraction of sp³-hybridized carbons (Fsp3) is 0.368. The summed E-state index contributed by atoms with van der Waals surface area (Å²) >= 11 is 0. The minimum Gasteiger partial charge on any atom is -0.368 e. The van der Waals surface area contributed by atoms with Gasteiger partial charge in [0.1, 0.15) is 0 Å². The van der Waals surface area contributed by atoms with Crippen LogP contribution in [0.5, 0.6) is 0 Å². The summed E-state index contributed by atoms with van der Waals surface area (Å²) < 4.78 is 0. The van der Waals surface area contributed by atoms with E-state index in [1.807, 2.05) is 42.2 Å². The van der Waals surface area contributed by atoms with Gasteiger partial charge in [0.2, 0.25) is 5.91 Å². The standard InChI is InChI=1S/C19H24N5O2/c1-13-12-16(14-6-2-3-7-15(14)22-13)23-19(26)21-9-11-24-10-5-4-8-17(24)18(20)25/h2-4,6-7,12,17H,5,8-11H2,1H3,(H2,20,25)(H2,21,22,23,26). The van der Waals surface area contributed by atoms with Gasteiger partial charge in [-0.15, -0.1) is 0 Å². The van der Waals surface area contributed by atoms with Crippen LogP contribution in [0.25, 0.3) is 10.9 Å². The van der Waals surface area contributed by atoms with E-state index in [4.69, 9.17) is 5.73 Å². The van der Waals surface area contributed by atoms with E-state index in [-0.39, 0.29) is 18.0 Å². The molecular weight excluding hydrogens is 330 g/mol. The molecule has 0 saturated carbocycles. The topological polar surface area (TPSA) is 100 Å². The van der Waals surface area contributed by atoms with Crippen molar-refractivity contribution in [3.63, 3.8) is 0 Å². The summed E-state index contributed by atoms with van der Waals surface area (Å²) in [6.45, 7) is 3.71. The fourth-order valence-corrected chi connectivity index (χ4v) is 3.29. The summed E-state index contributed by atoms with van der Waals surface area (Å²) in [6, 6.07) is 8.98. The Labute approximate surface area is 152 Å². The molecule has 3 rings (SSSR count). The number of hydrogen-bond donors (Lipinski definition) is 3. The molecule has 1 aliphatic rings. The smallest absolute Gasteiger partial charge is 0.319 e. The average molecular weight is 354 g/mol. The molecule has 4 N–H and O–H groups in total. The predicted octanol–water partition coefficient (Wildman–Crippen LogP) is 1.82. The number of carbonyl (C=O) groups is 2. The minimum absolute atomic E-state index is 0.277. The Bertz CT molecular complexity index is 808. The number of rotatable bonds is 5. The number of primary amides is 1. The zero-order valence-electron chi connectivity index (χ0n) is 14.9. The number of amides is 3. The van der Waals surface area contributed by atoms with Gasteiger partial charge in [-0.05, 0) is 44.9 Å². The summed E-state index contributed by atoms with van der Waals surface area (Å²) in [6.07, 6.45) is 3.69.